The van der Waals surface area contributed by atoms with E-state index in [-0.39, 0.29) is 0 Å². The number of nitrogens with two attached hydrogens (primary N) is 1. The zero-order chi connectivity index (χ0) is 13.2. The van der Waals surface area contributed by atoms with Crippen LogP contribution in [0.2, 0.25) is 0 Å². The molecule has 98 valence electrons. The maximum Gasteiger partial charge on any atom is 0.122 e. The number of hydrogen-bond acceptors (Lipinski definition) is 3. The van der Waals surface area contributed by atoms with Crippen LogP contribution in [0.25, 0.3) is 0 Å². The molecule has 0 spiro atoms. The van der Waals surface area contributed by atoms with E-state index in [0.29, 0.717) is 0 Å². The minimum Gasteiger partial charge on any atom is -0.493 e. The summed E-state index contributed by atoms with van der Waals surface area (Å²) in [5.41, 5.74) is 11.2. The summed E-state index contributed by atoms with van der Waals surface area (Å²) in [7, 11) is 0. The van der Waals surface area contributed by atoms with Gasteiger partial charge < -0.3 is 15.8 Å². The first-order valence-electron chi connectivity index (χ1n) is 6.61. The second kappa shape index (κ2) is 4.84. The summed E-state index contributed by atoms with van der Waals surface area (Å²) in [5.74, 6) is 1.01. The molecule has 3 nitrogen and oxygen atoms in total. The lowest BCUT2D eigenvalue weighted by Gasteiger charge is -2.18. The summed E-state index contributed by atoms with van der Waals surface area (Å²) in [4.78, 5) is 0. The van der Waals surface area contributed by atoms with Gasteiger partial charge >= 0.3 is 0 Å². The highest BCUT2D eigenvalue weighted by Crippen LogP contribution is 2.30. The lowest BCUT2D eigenvalue weighted by Crippen LogP contribution is -2.08. The predicted molar refractivity (Wildman–Crippen MR) is 79.1 cm³/mol. The molecule has 1 aliphatic heterocycles. The van der Waals surface area contributed by atoms with Crippen LogP contribution in [-0.4, -0.2) is 6.61 Å². The number of fused-ring (bicyclic) bond motifs is 1. The van der Waals surface area contributed by atoms with Crippen LogP contribution < -0.4 is 15.8 Å². The highest BCUT2D eigenvalue weighted by Gasteiger charge is 2.10. The van der Waals surface area contributed by atoms with Gasteiger partial charge in [-0.15, -0.1) is 0 Å². The van der Waals surface area contributed by atoms with Crippen LogP contribution in [0.4, 0.5) is 17.1 Å². The third kappa shape index (κ3) is 2.50. The van der Waals surface area contributed by atoms with Gasteiger partial charge in [0.2, 0.25) is 0 Å². The molecule has 3 N–H and O–H groups in total. The van der Waals surface area contributed by atoms with E-state index in [9.17, 15) is 0 Å². The van der Waals surface area contributed by atoms with Crippen LogP contribution in [0.3, 0.4) is 0 Å². The van der Waals surface area contributed by atoms with E-state index in [1.54, 1.807) is 0 Å². The highest BCUT2D eigenvalue weighted by molar-refractivity contribution is 5.73. The van der Waals surface area contributed by atoms with Gasteiger partial charge in [-0.1, -0.05) is 6.07 Å². The highest BCUT2D eigenvalue weighted by atomic mass is 16.5. The Bertz CT molecular complexity index is 608. The molecule has 0 unspecified atom stereocenters. The number of ether oxygens (including phenoxy) is 1. The van der Waals surface area contributed by atoms with Crippen molar-refractivity contribution in [2.45, 2.75) is 19.8 Å². The van der Waals surface area contributed by atoms with E-state index < -0.39 is 0 Å². The van der Waals surface area contributed by atoms with Crippen LogP contribution in [0.5, 0.6) is 5.75 Å². The Morgan fingerprint density at radius 1 is 1.16 bits per heavy atom. The molecule has 19 heavy (non-hydrogen) atoms. The number of anilines is 3. The number of hydrogen-bond donors (Lipinski definition) is 2. The minimum atomic E-state index is 0.763. The van der Waals surface area contributed by atoms with E-state index >= 15 is 0 Å². The van der Waals surface area contributed by atoms with Crippen molar-refractivity contribution in [2.75, 3.05) is 17.7 Å². The summed E-state index contributed by atoms with van der Waals surface area (Å²) >= 11 is 0. The molecule has 0 radical (unpaired) electrons. The summed E-state index contributed by atoms with van der Waals surface area (Å²) in [6.45, 7) is 2.88. The first-order valence-corrected chi connectivity index (χ1v) is 6.61. The first kappa shape index (κ1) is 11.9. The third-order valence-electron chi connectivity index (χ3n) is 3.40. The monoisotopic (exact) mass is 254 g/mol. The van der Waals surface area contributed by atoms with Gasteiger partial charge in [0.25, 0.3) is 0 Å². The molecular weight excluding hydrogens is 236 g/mol. The van der Waals surface area contributed by atoms with Crippen LogP contribution in [0.1, 0.15) is 17.5 Å². The Balaban J connectivity index is 1.89. The fourth-order valence-electron chi connectivity index (χ4n) is 2.37. The summed E-state index contributed by atoms with van der Waals surface area (Å²) in [6, 6.07) is 12.2. The van der Waals surface area contributed by atoms with E-state index in [2.05, 4.69) is 24.4 Å². The molecular formula is C16H18N2O. The number of nitrogen functional groups attached to an aromatic ring is 1. The van der Waals surface area contributed by atoms with Gasteiger partial charge in [-0.3, -0.25) is 0 Å². The Morgan fingerprint density at radius 3 is 2.95 bits per heavy atom. The van der Waals surface area contributed by atoms with E-state index in [1.165, 1.54) is 11.1 Å². The maximum atomic E-state index is 5.99. The van der Waals surface area contributed by atoms with Crippen molar-refractivity contribution < 1.29 is 4.74 Å². The van der Waals surface area contributed by atoms with E-state index in [4.69, 9.17) is 10.5 Å². The molecule has 0 aliphatic carbocycles. The van der Waals surface area contributed by atoms with E-state index in [0.717, 1.165) is 42.3 Å². The molecule has 0 aromatic heterocycles. The zero-order valence-corrected chi connectivity index (χ0v) is 11.1. The lowest BCUT2D eigenvalue weighted by atomic mass is 10.1. The summed E-state index contributed by atoms with van der Waals surface area (Å²) in [6.07, 6.45) is 2.16. The van der Waals surface area contributed by atoms with Gasteiger partial charge in [-0.05, 0) is 61.2 Å². The van der Waals surface area contributed by atoms with Gasteiger partial charge in [0.05, 0.1) is 18.0 Å². The van der Waals surface area contributed by atoms with Crippen molar-refractivity contribution in [1.82, 2.24) is 0 Å². The number of benzene rings is 2. The second-order valence-electron chi connectivity index (χ2n) is 4.99. The fourth-order valence-corrected chi connectivity index (χ4v) is 2.37. The number of aryl methyl sites for hydroxylation is 2. The van der Waals surface area contributed by atoms with Crippen molar-refractivity contribution >= 4 is 17.1 Å². The van der Waals surface area contributed by atoms with Crippen LogP contribution >= 0.6 is 0 Å². The average molecular weight is 254 g/mol. The molecule has 0 bridgehead atoms. The molecule has 1 aliphatic rings. The van der Waals surface area contributed by atoms with Crippen molar-refractivity contribution in [3.8, 4) is 5.75 Å². The Hall–Kier alpha value is -2.16. The fraction of sp³-hybridized carbons (Fsp3) is 0.250. The second-order valence-corrected chi connectivity index (χ2v) is 4.99. The molecule has 0 saturated heterocycles. The summed E-state index contributed by atoms with van der Waals surface area (Å²) in [5, 5.41) is 3.38. The molecule has 2 aromatic rings. The normalized spacial score (nSPS) is 13.5. The topological polar surface area (TPSA) is 47.3 Å². The Kier molecular flexibility index (Phi) is 3.03. The van der Waals surface area contributed by atoms with Gasteiger partial charge in [-0.2, -0.15) is 0 Å². The first-order chi connectivity index (χ1) is 9.22. The van der Waals surface area contributed by atoms with Crippen LogP contribution in [0.15, 0.2) is 36.4 Å². The molecule has 0 saturated carbocycles. The van der Waals surface area contributed by atoms with Gasteiger partial charge in [0, 0.05) is 5.69 Å². The van der Waals surface area contributed by atoms with Crippen LogP contribution in [0, 0.1) is 6.92 Å². The molecule has 0 atom stereocenters. The predicted octanol–water partition coefficient (Wildman–Crippen LogP) is 3.65. The van der Waals surface area contributed by atoms with Crippen molar-refractivity contribution in [3.05, 3.63) is 47.5 Å². The van der Waals surface area contributed by atoms with Crippen molar-refractivity contribution in [2.24, 2.45) is 0 Å². The molecule has 0 amide bonds. The Morgan fingerprint density at radius 2 is 2.05 bits per heavy atom. The van der Waals surface area contributed by atoms with Gasteiger partial charge in [0.15, 0.2) is 0 Å². The Labute approximate surface area is 113 Å². The van der Waals surface area contributed by atoms with Crippen molar-refractivity contribution in [1.29, 1.82) is 0 Å². The standard InChI is InChI=1S/C16H18N2O/c1-11-4-6-14(17)15(9-11)18-13-5-7-16-12(10-13)3-2-8-19-16/h4-7,9-10,18H,2-3,8,17H2,1H3. The smallest absolute Gasteiger partial charge is 0.122 e. The van der Waals surface area contributed by atoms with Gasteiger partial charge in [0.1, 0.15) is 5.75 Å². The molecule has 2 aromatic carbocycles. The molecule has 0 fully saturated rings. The average Bonchev–Trinajstić information content (AvgIpc) is 2.43. The van der Waals surface area contributed by atoms with Crippen LogP contribution in [-0.2, 0) is 6.42 Å². The minimum absolute atomic E-state index is 0.763. The largest absolute Gasteiger partial charge is 0.493 e. The maximum absolute atomic E-state index is 5.99. The zero-order valence-electron chi connectivity index (χ0n) is 11.1. The number of rotatable bonds is 2. The lowest BCUT2D eigenvalue weighted by molar-refractivity contribution is 0.288. The molecule has 3 heteroatoms. The quantitative estimate of drug-likeness (QED) is 0.804. The van der Waals surface area contributed by atoms with E-state index in [1.807, 2.05) is 24.3 Å². The van der Waals surface area contributed by atoms with Gasteiger partial charge in [-0.25, -0.2) is 0 Å². The molecule has 1 heterocycles. The number of nitrogens with one attached hydrogen (secondary N) is 1. The third-order valence-corrected chi connectivity index (χ3v) is 3.40. The molecule has 3 rings (SSSR count). The summed E-state index contributed by atoms with van der Waals surface area (Å²) < 4.78 is 5.62. The van der Waals surface area contributed by atoms with Crippen molar-refractivity contribution in [3.63, 3.8) is 0 Å². The SMILES string of the molecule is Cc1ccc(N)c(Nc2ccc3c(c2)CCCO3)c1.